The van der Waals surface area contributed by atoms with Gasteiger partial charge in [-0.1, -0.05) is 6.42 Å². The number of hydrogen-bond donors (Lipinski definition) is 1. The Bertz CT molecular complexity index is 488. The largest absolute Gasteiger partial charge is 0.481 e. The van der Waals surface area contributed by atoms with E-state index in [1.54, 1.807) is 15.8 Å². The molecule has 1 aliphatic carbocycles. The van der Waals surface area contributed by atoms with Gasteiger partial charge in [0.2, 0.25) is 0 Å². The lowest BCUT2D eigenvalue weighted by Crippen LogP contribution is -2.37. The zero-order chi connectivity index (χ0) is 12.8. The smallest absolute Gasteiger partial charge is 0.311 e. The van der Waals surface area contributed by atoms with Gasteiger partial charge >= 0.3 is 5.97 Å². The van der Waals surface area contributed by atoms with Crippen molar-refractivity contribution in [2.45, 2.75) is 19.3 Å². The molecule has 1 aliphatic heterocycles. The van der Waals surface area contributed by atoms with Crippen molar-refractivity contribution in [3.63, 3.8) is 0 Å². The van der Waals surface area contributed by atoms with Crippen molar-refractivity contribution in [2.75, 3.05) is 13.1 Å². The molecule has 1 aromatic heterocycles. The molecule has 5 nitrogen and oxygen atoms in total. The second-order valence-electron chi connectivity index (χ2n) is 5.11. The number of fused-ring (bicyclic) bond motifs is 1. The van der Waals surface area contributed by atoms with Crippen LogP contribution in [0.25, 0.3) is 0 Å². The summed E-state index contributed by atoms with van der Waals surface area (Å²) < 4.78 is 0. The predicted octanol–water partition coefficient (Wildman–Crippen LogP) is 1.47. The first-order valence-corrected chi connectivity index (χ1v) is 6.98. The molecule has 96 valence electrons. The quantitative estimate of drug-likeness (QED) is 0.880. The fourth-order valence-electron chi connectivity index (χ4n) is 3.27. The van der Waals surface area contributed by atoms with E-state index >= 15 is 0 Å². The number of hydrogen-bond acceptors (Lipinski definition) is 4. The number of thiazole rings is 1. The summed E-state index contributed by atoms with van der Waals surface area (Å²) in [6.07, 6.45) is 2.55. The Hall–Kier alpha value is -1.43. The van der Waals surface area contributed by atoms with Crippen LogP contribution in [0.1, 0.15) is 29.8 Å². The molecule has 1 N–H and O–H groups in total. The summed E-state index contributed by atoms with van der Waals surface area (Å²) in [5.74, 6) is -0.776. The van der Waals surface area contributed by atoms with Crippen LogP contribution in [-0.2, 0) is 4.79 Å². The molecule has 0 radical (unpaired) electrons. The minimum Gasteiger partial charge on any atom is -0.481 e. The molecule has 0 bridgehead atoms. The highest BCUT2D eigenvalue weighted by atomic mass is 32.1. The Morgan fingerprint density at radius 1 is 1.56 bits per heavy atom. The van der Waals surface area contributed by atoms with Crippen LogP contribution in [0.15, 0.2) is 10.9 Å². The second-order valence-corrected chi connectivity index (χ2v) is 5.83. The molecule has 18 heavy (non-hydrogen) atoms. The van der Waals surface area contributed by atoms with Crippen molar-refractivity contribution in [1.29, 1.82) is 0 Å². The number of rotatable bonds is 2. The summed E-state index contributed by atoms with van der Waals surface area (Å²) in [7, 11) is 0. The minimum absolute atomic E-state index is 0.109. The Labute approximate surface area is 108 Å². The molecular formula is C12H14N2O3S. The normalized spacial score (nSPS) is 30.4. The second kappa shape index (κ2) is 4.05. The van der Waals surface area contributed by atoms with Crippen LogP contribution in [0.2, 0.25) is 0 Å². The SMILES string of the molecule is O=C(c1cscn1)N1C[C@@H]2CCC[C@@]2(C(=O)O)C1. The number of carbonyl (C=O) groups excluding carboxylic acids is 1. The maximum atomic E-state index is 12.2. The lowest BCUT2D eigenvalue weighted by Gasteiger charge is -2.23. The van der Waals surface area contributed by atoms with Crippen LogP contribution in [0, 0.1) is 11.3 Å². The molecule has 0 aromatic carbocycles. The van der Waals surface area contributed by atoms with Gasteiger partial charge in [0.1, 0.15) is 5.69 Å². The molecule has 1 saturated carbocycles. The molecule has 0 unspecified atom stereocenters. The van der Waals surface area contributed by atoms with Gasteiger partial charge in [-0.05, 0) is 18.8 Å². The number of aromatic nitrogens is 1. The first-order valence-electron chi connectivity index (χ1n) is 6.04. The molecule has 1 amide bonds. The molecule has 6 heteroatoms. The van der Waals surface area contributed by atoms with Crippen LogP contribution in [0.4, 0.5) is 0 Å². The van der Waals surface area contributed by atoms with Gasteiger partial charge in [0.15, 0.2) is 0 Å². The van der Waals surface area contributed by atoms with E-state index in [0.29, 0.717) is 25.2 Å². The third kappa shape index (κ3) is 1.55. The van der Waals surface area contributed by atoms with Crippen molar-refractivity contribution in [3.05, 3.63) is 16.6 Å². The summed E-state index contributed by atoms with van der Waals surface area (Å²) in [5.41, 5.74) is 1.35. The van der Waals surface area contributed by atoms with E-state index in [2.05, 4.69) is 4.98 Å². The Kier molecular flexibility index (Phi) is 2.62. The van der Waals surface area contributed by atoms with Gasteiger partial charge in [0, 0.05) is 18.5 Å². The summed E-state index contributed by atoms with van der Waals surface area (Å²) in [5, 5.41) is 11.2. The van der Waals surface area contributed by atoms with E-state index in [1.165, 1.54) is 11.3 Å². The van der Waals surface area contributed by atoms with Crippen molar-refractivity contribution in [3.8, 4) is 0 Å². The lowest BCUT2D eigenvalue weighted by molar-refractivity contribution is -0.149. The fraction of sp³-hybridized carbons (Fsp3) is 0.583. The zero-order valence-corrected chi connectivity index (χ0v) is 10.7. The van der Waals surface area contributed by atoms with E-state index in [4.69, 9.17) is 0 Å². The maximum Gasteiger partial charge on any atom is 0.311 e. The number of aliphatic carboxylic acids is 1. The van der Waals surface area contributed by atoms with Gasteiger partial charge in [-0.2, -0.15) is 0 Å². The summed E-state index contributed by atoms with van der Waals surface area (Å²) in [6.45, 7) is 0.895. The number of nitrogens with zero attached hydrogens (tertiary/aromatic N) is 2. The van der Waals surface area contributed by atoms with Gasteiger partial charge in [-0.3, -0.25) is 9.59 Å². The van der Waals surface area contributed by atoms with Crippen molar-refractivity contribution in [1.82, 2.24) is 9.88 Å². The molecule has 1 saturated heterocycles. The van der Waals surface area contributed by atoms with E-state index < -0.39 is 11.4 Å². The van der Waals surface area contributed by atoms with Crippen LogP contribution >= 0.6 is 11.3 Å². The van der Waals surface area contributed by atoms with Crippen LogP contribution in [-0.4, -0.2) is 40.0 Å². The molecular weight excluding hydrogens is 252 g/mol. The monoisotopic (exact) mass is 266 g/mol. The predicted molar refractivity (Wildman–Crippen MR) is 65.4 cm³/mol. The maximum absolute atomic E-state index is 12.2. The average Bonchev–Trinajstić information content (AvgIpc) is 3.03. The van der Waals surface area contributed by atoms with Crippen molar-refractivity contribution >= 4 is 23.2 Å². The Morgan fingerprint density at radius 3 is 3.00 bits per heavy atom. The average molecular weight is 266 g/mol. The minimum atomic E-state index is -0.751. The topological polar surface area (TPSA) is 70.5 Å². The Morgan fingerprint density at radius 2 is 2.39 bits per heavy atom. The number of amides is 1. The van der Waals surface area contributed by atoms with Crippen LogP contribution < -0.4 is 0 Å². The number of carboxylic acids is 1. The van der Waals surface area contributed by atoms with Gasteiger partial charge < -0.3 is 10.0 Å². The molecule has 1 aromatic rings. The summed E-state index contributed by atoms with van der Waals surface area (Å²) in [4.78, 5) is 29.4. The molecule has 2 heterocycles. The number of carboxylic acid groups (broad SMARTS) is 1. The van der Waals surface area contributed by atoms with Crippen molar-refractivity contribution in [2.24, 2.45) is 11.3 Å². The van der Waals surface area contributed by atoms with Gasteiger partial charge in [0.25, 0.3) is 5.91 Å². The number of likely N-dealkylation sites (tertiary alicyclic amines) is 1. The lowest BCUT2D eigenvalue weighted by atomic mass is 9.81. The molecule has 3 rings (SSSR count). The highest BCUT2D eigenvalue weighted by molar-refractivity contribution is 7.07. The highest BCUT2D eigenvalue weighted by Gasteiger charge is 2.55. The summed E-state index contributed by atoms with van der Waals surface area (Å²) >= 11 is 1.38. The number of carbonyl (C=O) groups is 2. The van der Waals surface area contributed by atoms with E-state index in [9.17, 15) is 14.7 Å². The molecule has 2 fully saturated rings. The van der Waals surface area contributed by atoms with Crippen LogP contribution in [0.5, 0.6) is 0 Å². The van der Waals surface area contributed by atoms with E-state index in [-0.39, 0.29) is 11.8 Å². The van der Waals surface area contributed by atoms with Crippen LogP contribution in [0.3, 0.4) is 0 Å². The fourth-order valence-corrected chi connectivity index (χ4v) is 3.80. The van der Waals surface area contributed by atoms with E-state index in [0.717, 1.165) is 12.8 Å². The highest BCUT2D eigenvalue weighted by Crippen LogP contribution is 2.49. The van der Waals surface area contributed by atoms with Gasteiger partial charge in [-0.15, -0.1) is 11.3 Å². The first-order chi connectivity index (χ1) is 8.63. The third-order valence-corrected chi connectivity index (χ3v) is 4.82. The first kappa shape index (κ1) is 11.6. The molecule has 2 aliphatic rings. The zero-order valence-electron chi connectivity index (χ0n) is 9.83. The van der Waals surface area contributed by atoms with Gasteiger partial charge in [0.05, 0.1) is 10.9 Å². The van der Waals surface area contributed by atoms with Crippen molar-refractivity contribution < 1.29 is 14.7 Å². The molecule has 2 atom stereocenters. The summed E-state index contributed by atoms with van der Waals surface area (Å²) in [6, 6.07) is 0. The van der Waals surface area contributed by atoms with E-state index in [1.807, 2.05) is 0 Å². The third-order valence-electron chi connectivity index (χ3n) is 4.24. The standard InChI is InChI=1S/C12H14N2O3S/c15-10(9-5-18-7-13-9)14-4-8-2-1-3-12(8,6-14)11(16)17/h5,7-8H,1-4,6H2,(H,16,17)/t8-,12+/m0/s1. The molecule has 0 spiro atoms. The Balaban J connectivity index is 1.83. The van der Waals surface area contributed by atoms with Gasteiger partial charge in [-0.25, -0.2) is 4.98 Å².